The minimum Gasteiger partial charge on any atom is -0.355 e. The first-order valence-electron chi connectivity index (χ1n) is 4.90. The molecule has 3 nitrogen and oxygen atoms in total. The summed E-state index contributed by atoms with van der Waals surface area (Å²) in [4.78, 5) is 13.8. The SMILES string of the molecule is O=C1NCCC[C@H]1N1CCCC1. The second-order valence-electron chi connectivity index (χ2n) is 3.69. The highest BCUT2D eigenvalue weighted by atomic mass is 16.2. The molecule has 12 heavy (non-hydrogen) atoms. The van der Waals surface area contributed by atoms with Gasteiger partial charge in [-0.25, -0.2) is 0 Å². The average molecular weight is 168 g/mol. The number of carbonyl (C=O) groups excluding carboxylic acids is 1. The maximum atomic E-state index is 11.4. The number of amides is 1. The van der Waals surface area contributed by atoms with E-state index in [0.717, 1.165) is 32.5 Å². The normalized spacial score (nSPS) is 32.0. The molecule has 2 saturated heterocycles. The first-order valence-corrected chi connectivity index (χ1v) is 4.90. The molecular formula is C9H16N2O. The molecule has 0 radical (unpaired) electrons. The second kappa shape index (κ2) is 3.44. The van der Waals surface area contributed by atoms with Gasteiger partial charge in [0, 0.05) is 6.54 Å². The molecule has 3 heteroatoms. The summed E-state index contributed by atoms with van der Waals surface area (Å²) in [6.45, 7) is 3.12. The van der Waals surface area contributed by atoms with Crippen LogP contribution in [0.15, 0.2) is 0 Å². The predicted molar refractivity (Wildman–Crippen MR) is 46.8 cm³/mol. The van der Waals surface area contributed by atoms with Gasteiger partial charge in [0.05, 0.1) is 6.04 Å². The number of nitrogens with one attached hydrogen (secondary N) is 1. The van der Waals surface area contributed by atoms with E-state index in [1.165, 1.54) is 12.8 Å². The van der Waals surface area contributed by atoms with E-state index in [9.17, 15) is 4.79 Å². The molecule has 0 saturated carbocycles. The van der Waals surface area contributed by atoms with E-state index in [-0.39, 0.29) is 11.9 Å². The molecule has 0 aromatic heterocycles. The van der Waals surface area contributed by atoms with Crippen LogP contribution in [-0.2, 0) is 4.79 Å². The lowest BCUT2D eigenvalue weighted by Gasteiger charge is -2.29. The molecular weight excluding hydrogens is 152 g/mol. The summed E-state index contributed by atoms with van der Waals surface area (Å²) in [6.07, 6.45) is 4.74. The van der Waals surface area contributed by atoms with Crippen molar-refractivity contribution in [3.05, 3.63) is 0 Å². The first kappa shape index (κ1) is 8.05. The summed E-state index contributed by atoms with van der Waals surface area (Å²) in [7, 11) is 0. The summed E-state index contributed by atoms with van der Waals surface area (Å²) >= 11 is 0. The molecule has 1 amide bonds. The third-order valence-electron chi connectivity index (χ3n) is 2.84. The van der Waals surface area contributed by atoms with Crippen LogP contribution in [0.1, 0.15) is 25.7 Å². The predicted octanol–water partition coefficient (Wildman–Crippen LogP) is 0.361. The Morgan fingerprint density at radius 2 is 2.00 bits per heavy atom. The summed E-state index contributed by atoms with van der Waals surface area (Å²) in [5.41, 5.74) is 0. The van der Waals surface area contributed by atoms with E-state index in [1.807, 2.05) is 0 Å². The van der Waals surface area contributed by atoms with E-state index in [4.69, 9.17) is 0 Å². The standard InChI is InChI=1S/C9H16N2O/c12-9-8(4-3-5-10-9)11-6-1-2-7-11/h8H,1-7H2,(H,10,12)/t8-/m1/s1. The van der Waals surface area contributed by atoms with Crippen LogP contribution in [0.4, 0.5) is 0 Å². The lowest BCUT2D eigenvalue weighted by molar-refractivity contribution is -0.127. The van der Waals surface area contributed by atoms with Gasteiger partial charge in [0.1, 0.15) is 0 Å². The average Bonchev–Trinajstić information content (AvgIpc) is 2.57. The van der Waals surface area contributed by atoms with Gasteiger partial charge in [-0.2, -0.15) is 0 Å². The van der Waals surface area contributed by atoms with Crippen molar-refractivity contribution < 1.29 is 4.79 Å². The van der Waals surface area contributed by atoms with Crippen LogP contribution in [0.5, 0.6) is 0 Å². The van der Waals surface area contributed by atoms with Gasteiger partial charge < -0.3 is 5.32 Å². The molecule has 2 heterocycles. The Balaban J connectivity index is 1.95. The molecule has 1 atom stereocenters. The first-order chi connectivity index (χ1) is 5.88. The zero-order valence-corrected chi connectivity index (χ0v) is 7.38. The fourth-order valence-electron chi connectivity index (χ4n) is 2.16. The minimum atomic E-state index is 0.196. The Morgan fingerprint density at radius 1 is 1.25 bits per heavy atom. The molecule has 2 rings (SSSR count). The molecule has 1 N–H and O–H groups in total. The van der Waals surface area contributed by atoms with Crippen molar-refractivity contribution in [3.8, 4) is 0 Å². The topological polar surface area (TPSA) is 32.3 Å². The quantitative estimate of drug-likeness (QED) is 0.613. The number of nitrogens with zero attached hydrogens (tertiary/aromatic N) is 1. The van der Waals surface area contributed by atoms with Gasteiger partial charge >= 0.3 is 0 Å². The number of hydrogen-bond acceptors (Lipinski definition) is 2. The van der Waals surface area contributed by atoms with E-state index < -0.39 is 0 Å². The largest absolute Gasteiger partial charge is 0.355 e. The van der Waals surface area contributed by atoms with Gasteiger partial charge in [0.15, 0.2) is 0 Å². The van der Waals surface area contributed by atoms with Crippen LogP contribution >= 0.6 is 0 Å². The molecule has 0 aromatic rings. The smallest absolute Gasteiger partial charge is 0.237 e. The Hall–Kier alpha value is -0.570. The molecule has 0 aliphatic carbocycles. The summed E-state index contributed by atoms with van der Waals surface area (Å²) in [5.74, 6) is 0.253. The Bertz CT molecular complexity index is 175. The van der Waals surface area contributed by atoms with Gasteiger partial charge in [-0.15, -0.1) is 0 Å². The number of piperidine rings is 1. The van der Waals surface area contributed by atoms with Crippen molar-refractivity contribution in [2.24, 2.45) is 0 Å². The third kappa shape index (κ3) is 1.46. The monoisotopic (exact) mass is 168 g/mol. The van der Waals surface area contributed by atoms with E-state index in [1.54, 1.807) is 0 Å². The van der Waals surface area contributed by atoms with Gasteiger partial charge in [0.2, 0.25) is 5.91 Å². The molecule has 2 fully saturated rings. The fraction of sp³-hybridized carbons (Fsp3) is 0.889. The van der Waals surface area contributed by atoms with Gasteiger partial charge in [-0.3, -0.25) is 9.69 Å². The van der Waals surface area contributed by atoms with Crippen molar-refractivity contribution in [3.63, 3.8) is 0 Å². The molecule has 0 bridgehead atoms. The molecule has 2 aliphatic heterocycles. The van der Waals surface area contributed by atoms with Crippen LogP contribution in [0.25, 0.3) is 0 Å². The van der Waals surface area contributed by atoms with Crippen molar-refractivity contribution in [1.29, 1.82) is 0 Å². The maximum Gasteiger partial charge on any atom is 0.237 e. The van der Waals surface area contributed by atoms with E-state index in [2.05, 4.69) is 10.2 Å². The highest BCUT2D eigenvalue weighted by Crippen LogP contribution is 2.17. The molecule has 2 aliphatic rings. The lowest BCUT2D eigenvalue weighted by Crippen LogP contribution is -2.49. The zero-order chi connectivity index (χ0) is 8.39. The summed E-state index contributed by atoms with van der Waals surface area (Å²) in [6, 6.07) is 0.196. The molecule has 0 aromatic carbocycles. The van der Waals surface area contributed by atoms with Crippen molar-refractivity contribution in [2.75, 3.05) is 19.6 Å². The molecule has 0 spiro atoms. The molecule has 68 valence electrons. The summed E-state index contributed by atoms with van der Waals surface area (Å²) < 4.78 is 0. The Labute approximate surface area is 73.1 Å². The van der Waals surface area contributed by atoms with Crippen molar-refractivity contribution in [2.45, 2.75) is 31.7 Å². The zero-order valence-electron chi connectivity index (χ0n) is 7.38. The highest BCUT2D eigenvalue weighted by molar-refractivity contribution is 5.82. The fourth-order valence-corrected chi connectivity index (χ4v) is 2.16. The minimum absolute atomic E-state index is 0.196. The summed E-state index contributed by atoms with van der Waals surface area (Å²) in [5, 5.41) is 2.93. The van der Waals surface area contributed by atoms with Gasteiger partial charge in [-0.1, -0.05) is 0 Å². The molecule has 0 unspecified atom stereocenters. The highest BCUT2D eigenvalue weighted by Gasteiger charge is 2.29. The van der Waals surface area contributed by atoms with E-state index >= 15 is 0 Å². The van der Waals surface area contributed by atoms with Gasteiger partial charge in [0.25, 0.3) is 0 Å². The second-order valence-corrected chi connectivity index (χ2v) is 3.69. The van der Waals surface area contributed by atoms with E-state index in [0.29, 0.717) is 0 Å². The number of carbonyl (C=O) groups is 1. The van der Waals surface area contributed by atoms with Crippen LogP contribution in [0, 0.1) is 0 Å². The third-order valence-corrected chi connectivity index (χ3v) is 2.84. The Kier molecular flexibility index (Phi) is 2.30. The maximum absolute atomic E-state index is 11.4. The van der Waals surface area contributed by atoms with Crippen LogP contribution in [-0.4, -0.2) is 36.5 Å². The lowest BCUT2D eigenvalue weighted by atomic mass is 10.1. The van der Waals surface area contributed by atoms with Crippen LogP contribution in [0.2, 0.25) is 0 Å². The van der Waals surface area contributed by atoms with Crippen molar-refractivity contribution >= 4 is 5.91 Å². The van der Waals surface area contributed by atoms with Gasteiger partial charge in [-0.05, 0) is 38.8 Å². The Morgan fingerprint density at radius 3 is 2.67 bits per heavy atom. The van der Waals surface area contributed by atoms with Crippen LogP contribution in [0.3, 0.4) is 0 Å². The number of rotatable bonds is 1. The van der Waals surface area contributed by atoms with Crippen LogP contribution < -0.4 is 5.32 Å². The number of likely N-dealkylation sites (tertiary alicyclic amines) is 1. The number of hydrogen-bond donors (Lipinski definition) is 1. The van der Waals surface area contributed by atoms with Crippen molar-refractivity contribution in [1.82, 2.24) is 10.2 Å².